The Morgan fingerprint density at radius 3 is 2.33 bits per heavy atom. The molecule has 108 valence electrons. The van der Waals surface area contributed by atoms with Crippen LogP contribution in [0.5, 0.6) is 0 Å². The van der Waals surface area contributed by atoms with E-state index in [1.807, 2.05) is 30.3 Å². The largest absolute Gasteiger partial charge is 0.352 e. The predicted octanol–water partition coefficient (Wildman–Crippen LogP) is 3.01. The first kappa shape index (κ1) is 14.7. The average Bonchev–Trinajstić information content (AvgIpc) is 2.53. The molecule has 1 amide bonds. The van der Waals surface area contributed by atoms with Crippen LogP contribution in [-0.2, 0) is 11.3 Å². The predicted molar refractivity (Wildman–Crippen MR) is 79.8 cm³/mol. The number of nitro benzene ring substituents is 1. The van der Waals surface area contributed by atoms with Crippen LogP contribution in [0, 0.1) is 10.1 Å². The Labute approximate surface area is 122 Å². The van der Waals surface area contributed by atoms with Gasteiger partial charge in [0.05, 0.1) is 10.8 Å². The third-order valence-corrected chi connectivity index (χ3v) is 3.31. The molecule has 0 aromatic heterocycles. The zero-order valence-electron chi connectivity index (χ0n) is 11.7. The van der Waals surface area contributed by atoms with Gasteiger partial charge in [-0.05, 0) is 18.1 Å². The number of hydrogen-bond acceptors (Lipinski definition) is 3. The highest BCUT2D eigenvalue weighted by atomic mass is 16.6. The molecule has 0 fully saturated rings. The van der Waals surface area contributed by atoms with E-state index >= 15 is 0 Å². The molecule has 0 saturated heterocycles. The quantitative estimate of drug-likeness (QED) is 0.677. The zero-order valence-corrected chi connectivity index (χ0v) is 11.7. The number of amides is 1. The van der Waals surface area contributed by atoms with Gasteiger partial charge in [-0.3, -0.25) is 14.9 Å². The monoisotopic (exact) mass is 284 g/mol. The van der Waals surface area contributed by atoms with Gasteiger partial charge in [-0.25, -0.2) is 0 Å². The fourth-order valence-electron chi connectivity index (χ4n) is 1.97. The first-order chi connectivity index (χ1) is 10.1. The number of rotatable bonds is 5. The Hall–Kier alpha value is -2.69. The Morgan fingerprint density at radius 2 is 1.76 bits per heavy atom. The van der Waals surface area contributed by atoms with Crippen molar-refractivity contribution >= 4 is 11.6 Å². The molecular formula is C16H16N2O3. The van der Waals surface area contributed by atoms with Crippen LogP contribution in [0.1, 0.15) is 24.0 Å². The minimum absolute atomic E-state index is 0.0237. The number of benzene rings is 2. The van der Waals surface area contributed by atoms with Gasteiger partial charge in [-0.2, -0.15) is 0 Å². The zero-order chi connectivity index (χ0) is 15.2. The lowest BCUT2D eigenvalue weighted by atomic mass is 10.00. The van der Waals surface area contributed by atoms with E-state index in [1.54, 1.807) is 19.1 Å². The molecule has 2 rings (SSSR count). The van der Waals surface area contributed by atoms with Crippen LogP contribution in [0.3, 0.4) is 0 Å². The van der Waals surface area contributed by atoms with E-state index in [2.05, 4.69) is 5.32 Å². The molecule has 2 aromatic carbocycles. The maximum absolute atomic E-state index is 12.1. The van der Waals surface area contributed by atoms with E-state index in [-0.39, 0.29) is 17.5 Å². The molecule has 1 N–H and O–H groups in total. The van der Waals surface area contributed by atoms with Crippen molar-refractivity contribution in [2.24, 2.45) is 0 Å². The second-order valence-electron chi connectivity index (χ2n) is 4.77. The Kier molecular flexibility index (Phi) is 4.66. The maximum atomic E-state index is 12.1. The topological polar surface area (TPSA) is 72.2 Å². The van der Waals surface area contributed by atoms with Crippen molar-refractivity contribution in [1.29, 1.82) is 0 Å². The Balaban J connectivity index is 1.97. The first-order valence-electron chi connectivity index (χ1n) is 6.64. The van der Waals surface area contributed by atoms with E-state index < -0.39 is 4.92 Å². The van der Waals surface area contributed by atoms with Crippen LogP contribution in [0.15, 0.2) is 54.6 Å². The molecule has 0 radical (unpaired) electrons. The van der Waals surface area contributed by atoms with Crippen molar-refractivity contribution in [3.63, 3.8) is 0 Å². The van der Waals surface area contributed by atoms with Crippen LogP contribution in [-0.4, -0.2) is 10.8 Å². The van der Waals surface area contributed by atoms with Gasteiger partial charge >= 0.3 is 0 Å². The van der Waals surface area contributed by atoms with Crippen LogP contribution >= 0.6 is 0 Å². The molecule has 0 bridgehead atoms. The summed E-state index contributed by atoms with van der Waals surface area (Å²) in [6.07, 6.45) is 0. The third kappa shape index (κ3) is 3.89. The van der Waals surface area contributed by atoms with Gasteiger partial charge in [0.25, 0.3) is 5.69 Å². The maximum Gasteiger partial charge on any atom is 0.269 e. The summed E-state index contributed by atoms with van der Waals surface area (Å²) in [5.41, 5.74) is 1.81. The van der Waals surface area contributed by atoms with Crippen molar-refractivity contribution in [2.45, 2.75) is 19.4 Å². The number of nitrogens with zero attached hydrogens (tertiary/aromatic N) is 1. The van der Waals surface area contributed by atoms with Crippen LogP contribution in [0.4, 0.5) is 5.69 Å². The summed E-state index contributed by atoms with van der Waals surface area (Å²) in [5.74, 6) is -0.456. The molecule has 0 aliphatic rings. The Morgan fingerprint density at radius 1 is 1.14 bits per heavy atom. The molecule has 21 heavy (non-hydrogen) atoms. The van der Waals surface area contributed by atoms with Gasteiger partial charge in [0.1, 0.15) is 0 Å². The normalized spacial score (nSPS) is 11.7. The van der Waals surface area contributed by atoms with Crippen LogP contribution < -0.4 is 5.32 Å². The number of non-ortho nitro benzene ring substituents is 1. The standard InChI is InChI=1S/C16H16N2O3/c1-12(14-7-9-15(10-8-14)18(20)21)16(19)17-11-13-5-3-2-4-6-13/h2-10,12H,11H2,1H3,(H,17,19). The highest BCUT2D eigenvalue weighted by Gasteiger charge is 2.16. The highest BCUT2D eigenvalue weighted by Crippen LogP contribution is 2.19. The number of hydrogen-bond donors (Lipinski definition) is 1. The molecule has 0 spiro atoms. The average molecular weight is 284 g/mol. The molecular weight excluding hydrogens is 268 g/mol. The fourth-order valence-corrected chi connectivity index (χ4v) is 1.97. The molecule has 0 heterocycles. The van der Waals surface area contributed by atoms with Crippen molar-refractivity contribution in [1.82, 2.24) is 5.32 Å². The summed E-state index contributed by atoms with van der Waals surface area (Å²) in [5, 5.41) is 13.5. The molecule has 2 aromatic rings. The van der Waals surface area contributed by atoms with Crippen molar-refractivity contribution < 1.29 is 9.72 Å². The molecule has 5 heteroatoms. The SMILES string of the molecule is CC(C(=O)NCc1ccccc1)c1ccc([N+](=O)[O-])cc1. The number of carbonyl (C=O) groups is 1. The van der Waals surface area contributed by atoms with E-state index in [4.69, 9.17) is 0 Å². The summed E-state index contributed by atoms with van der Waals surface area (Å²) in [7, 11) is 0. The van der Waals surface area contributed by atoms with Crippen molar-refractivity contribution in [3.8, 4) is 0 Å². The lowest BCUT2D eigenvalue weighted by Gasteiger charge is -2.12. The second kappa shape index (κ2) is 6.65. The van der Waals surface area contributed by atoms with E-state index in [1.165, 1.54) is 12.1 Å². The van der Waals surface area contributed by atoms with Gasteiger partial charge in [-0.1, -0.05) is 42.5 Å². The summed E-state index contributed by atoms with van der Waals surface area (Å²) >= 11 is 0. The lowest BCUT2D eigenvalue weighted by Crippen LogP contribution is -2.27. The Bertz CT molecular complexity index is 624. The fraction of sp³-hybridized carbons (Fsp3) is 0.188. The molecule has 1 unspecified atom stereocenters. The first-order valence-corrected chi connectivity index (χ1v) is 6.64. The molecule has 0 aliphatic carbocycles. The van der Waals surface area contributed by atoms with Gasteiger partial charge in [0.15, 0.2) is 0 Å². The summed E-state index contributed by atoms with van der Waals surface area (Å²) in [6, 6.07) is 15.7. The second-order valence-corrected chi connectivity index (χ2v) is 4.77. The minimum Gasteiger partial charge on any atom is -0.352 e. The molecule has 1 atom stereocenters. The van der Waals surface area contributed by atoms with Crippen LogP contribution in [0.25, 0.3) is 0 Å². The van der Waals surface area contributed by atoms with E-state index in [0.29, 0.717) is 6.54 Å². The van der Waals surface area contributed by atoms with E-state index in [9.17, 15) is 14.9 Å². The molecule has 0 saturated carbocycles. The van der Waals surface area contributed by atoms with Gasteiger partial charge < -0.3 is 5.32 Å². The van der Waals surface area contributed by atoms with E-state index in [0.717, 1.165) is 11.1 Å². The van der Waals surface area contributed by atoms with Crippen molar-refractivity contribution in [2.75, 3.05) is 0 Å². The lowest BCUT2D eigenvalue weighted by molar-refractivity contribution is -0.384. The number of nitro groups is 1. The summed E-state index contributed by atoms with van der Waals surface area (Å²) in [4.78, 5) is 22.2. The summed E-state index contributed by atoms with van der Waals surface area (Å²) < 4.78 is 0. The minimum atomic E-state index is -0.454. The van der Waals surface area contributed by atoms with Gasteiger partial charge in [0, 0.05) is 18.7 Å². The molecule has 5 nitrogen and oxygen atoms in total. The van der Waals surface area contributed by atoms with Crippen molar-refractivity contribution in [3.05, 3.63) is 75.8 Å². The van der Waals surface area contributed by atoms with Gasteiger partial charge in [-0.15, -0.1) is 0 Å². The molecule has 0 aliphatic heterocycles. The number of carbonyl (C=O) groups excluding carboxylic acids is 1. The third-order valence-electron chi connectivity index (χ3n) is 3.31. The number of nitrogens with one attached hydrogen (secondary N) is 1. The van der Waals surface area contributed by atoms with Crippen LogP contribution in [0.2, 0.25) is 0 Å². The summed E-state index contributed by atoms with van der Waals surface area (Å²) in [6.45, 7) is 2.25. The smallest absolute Gasteiger partial charge is 0.269 e. The van der Waals surface area contributed by atoms with Gasteiger partial charge in [0.2, 0.25) is 5.91 Å². The highest BCUT2D eigenvalue weighted by molar-refractivity contribution is 5.83.